The molecule has 0 heterocycles. The molecular formula is C31H64Cl2. The van der Waals surface area contributed by atoms with Gasteiger partial charge >= 0.3 is 0 Å². The average molecular weight is 508 g/mol. The molecule has 0 aromatic heterocycles. The van der Waals surface area contributed by atoms with Crippen LogP contribution in [0.2, 0.25) is 0 Å². The van der Waals surface area contributed by atoms with Crippen LogP contribution in [0.25, 0.3) is 0 Å². The second kappa shape index (κ2) is 34.7. The van der Waals surface area contributed by atoms with Crippen LogP contribution in [0.3, 0.4) is 0 Å². The molecule has 0 N–H and O–H groups in total. The van der Waals surface area contributed by atoms with Crippen LogP contribution in [0, 0.1) is 0 Å². The third-order valence-corrected chi connectivity index (χ3v) is 7.60. The summed E-state index contributed by atoms with van der Waals surface area (Å²) in [5.74, 6) is 0.845. The predicted molar refractivity (Wildman–Crippen MR) is 157 cm³/mol. The molecule has 0 amide bonds. The smallest absolute Gasteiger partial charge is 0.0333 e. The topological polar surface area (TPSA) is 0 Å². The molecule has 0 spiro atoms. The molecule has 1 unspecified atom stereocenters. The highest BCUT2D eigenvalue weighted by molar-refractivity contribution is 6.20. The highest BCUT2D eigenvalue weighted by Crippen LogP contribution is 2.15. The second-order valence-corrected chi connectivity index (χ2v) is 11.3. The Bertz CT molecular complexity index is 291. The van der Waals surface area contributed by atoms with Gasteiger partial charge in [-0.3, -0.25) is 0 Å². The summed E-state index contributed by atoms with van der Waals surface area (Å²) >= 11 is 11.7. The van der Waals surface area contributed by atoms with E-state index in [0.29, 0.717) is 5.38 Å². The lowest BCUT2D eigenvalue weighted by atomic mass is 10.0. The molecular weight excluding hydrogens is 443 g/mol. The fraction of sp³-hybridized carbons (Fsp3) is 1.00. The molecule has 0 aliphatic rings. The van der Waals surface area contributed by atoms with Gasteiger partial charge in [0.2, 0.25) is 0 Å². The van der Waals surface area contributed by atoms with E-state index in [0.717, 1.165) is 12.3 Å². The molecule has 0 bridgehead atoms. The lowest BCUT2D eigenvalue weighted by Gasteiger charge is -2.05. The van der Waals surface area contributed by atoms with E-state index in [-0.39, 0.29) is 0 Å². The number of rotatable bonds is 26. The molecule has 0 fully saturated rings. The Hall–Kier alpha value is 0.580. The van der Waals surface area contributed by atoms with Crippen molar-refractivity contribution in [3.05, 3.63) is 0 Å². The largest absolute Gasteiger partial charge is 0.127 e. The molecule has 202 valence electrons. The average Bonchev–Trinajstić information content (AvgIpc) is 2.83. The zero-order valence-electron chi connectivity index (χ0n) is 23.4. The molecule has 0 radical (unpaired) electrons. The van der Waals surface area contributed by atoms with Gasteiger partial charge in [0, 0.05) is 11.3 Å². The molecule has 0 aromatic rings. The van der Waals surface area contributed by atoms with E-state index in [1.807, 2.05) is 0 Å². The van der Waals surface area contributed by atoms with E-state index in [2.05, 4.69) is 20.8 Å². The zero-order valence-corrected chi connectivity index (χ0v) is 24.9. The molecule has 0 aliphatic heterocycles. The van der Waals surface area contributed by atoms with Gasteiger partial charge in [0.1, 0.15) is 0 Å². The molecule has 33 heavy (non-hydrogen) atoms. The van der Waals surface area contributed by atoms with E-state index in [1.165, 1.54) is 161 Å². The lowest BCUT2D eigenvalue weighted by molar-refractivity contribution is 0.538. The first-order valence-corrected chi connectivity index (χ1v) is 16.4. The van der Waals surface area contributed by atoms with Crippen LogP contribution in [0.5, 0.6) is 0 Å². The summed E-state index contributed by atoms with van der Waals surface area (Å²) in [7, 11) is 0. The van der Waals surface area contributed by atoms with Crippen LogP contribution in [-0.4, -0.2) is 11.3 Å². The van der Waals surface area contributed by atoms with Gasteiger partial charge in [-0.15, -0.1) is 23.2 Å². The Balaban J connectivity index is 0. The van der Waals surface area contributed by atoms with Crippen LogP contribution in [-0.2, 0) is 0 Å². The van der Waals surface area contributed by atoms with E-state index in [1.54, 1.807) is 0 Å². The standard InChI is InChI=1S/C16H33Cl.C15H31Cl/c1-2-3-4-5-6-7-8-9-10-11-12-13-14-15-16-17;1-3-5-6-7-8-9-10-11-12-13-14-15(16)4-2/h2-16H2,1H3;15H,3-14H2,1-2H3. The molecule has 0 saturated heterocycles. The van der Waals surface area contributed by atoms with Crippen molar-refractivity contribution in [2.75, 3.05) is 5.88 Å². The van der Waals surface area contributed by atoms with Crippen molar-refractivity contribution in [1.82, 2.24) is 0 Å². The van der Waals surface area contributed by atoms with Crippen molar-refractivity contribution in [3.63, 3.8) is 0 Å². The first-order chi connectivity index (χ1) is 16.2. The molecule has 0 aliphatic carbocycles. The van der Waals surface area contributed by atoms with Gasteiger partial charge in [0.15, 0.2) is 0 Å². The van der Waals surface area contributed by atoms with Gasteiger partial charge in [-0.2, -0.15) is 0 Å². The molecule has 0 saturated carbocycles. The Labute approximate surface area is 221 Å². The SMILES string of the molecule is CCCCCCCCCCCCC(Cl)CC.CCCCCCCCCCCCCCCCCl. The monoisotopic (exact) mass is 506 g/mol. The third kappa shape index (κ3) is 37.3. The Kier molecular flexibility index (Phi) is 37.6. The summed E-state index contributed by atoms with van der Waals surface area (Å²) in [6, 6.07) is 0. The molecule has 0 nitrogen and oxygen atoms in total. The van der Waals surface area contributed by atoms with Crippen molar-refractivity contribution in [2.45, 2.75) is 193 Å². The molecule has 2 heteroatoms. The first kappa shape index (κ1) is 35.7. The minimum Gasteiger partial charge on any atom is -0.127 e. The highest BCUT2D eigenvalue weighted by atomic mass is 35.5. The van der Waals surface area contributed by atoms with Crippen molar-refractivity contribution in [3.8, 4) is 0 Å². The Morgan fingerprint density at radius 1 is 0.394 bits per heavy atom. The molecule has 1 atom stereocenters. The summed E-state index contributed by atoms with van der Waals surface area (Å²) in [6.45, 7) is 6.74. The van der Waals surface area contributed by atoms with E-state index < -0.39 is 0 Å². The number of halogens is 2. The number of hydrogen-bond donors (Lipinski definition) is 0. The fourth-order valence-corrected chi connectivity index (χ4v) is 4.69. The van der Waals surface area contributed by atoms with Crippen molar-refractivity contribution >= 4 is 23.2 Å². The van der Waals surface area contributed by atoms with Gasteiger partial charge in [-0.1, -0.05) is 168 Å². The summed E-state index contributed by atoms with van der Waals surface area (Å²) in [6.07, 6.45) is 36.3. The molecule has 0 rings (SSSR count). The zero-order chi connectivity index (χ0) is 24.7. The maximum atomic E-state index is 6.08. The maximum Gasteiger partial charge on any atom is 0.0333 e. The van der Waals surface area contributed by atoms with Crippen molar-refractivity contribution in [1.29, 1.82) is 0 Å². The molecule has 0 aromatic carbocycles. The fourth-order valence-electron chi connectivity index (χ4n) is 4.35. The number of hydrogen-bond acceptors (Lipinski definition) is 0. The second-order valence-electron chi connectivity index (χ2n) is 10.3. The minimum absolute atomic E-state index is 0.425. The first-order valence-electron chi connectivity index (χ1n) is 15.4. The van der Waals surface area contributed by atoms with Crippen LogP contribution in [0.15, 0.2) is 0 Å². The summed E-state index contributed by atoms with van der Waals surface area (Å²) in [4.78, 5) is 0. The van der Waals surface area contributed by atoms with E-state index >= 15 is 0 Å². The van der Waals surface area contributed by atoms with Crippen LogP contribution in [0.1, 0.15) is 188 Å². The predicted octanol–water partition coefficient (Wildman–Crippen LogP) is 13.0. The summed E-state index contributed by atoms with van der Waals surface area (Å²) in [5, 5.41) is 0.425. The summed E-state index contributed by atoms with van der Waals surface area (Å²) < 4.78 is 0. The van der Waals surface area contributed by atoms with E-state index in [9.17, 15) is 0 Å². The lowest BCUT2D eigenvalue weighted by Crippen LogP contribution is -1.95. The maximum absolute atomic E-state index is 6.08. The highest BCUT2D eigenvalue weighted by Gasteiger charge is 2.00. The Morgan fingerprint density at radius 2 is 0.667 bits per heavy atom. The normalized spacial score (nSPS) is 11.9. The van der Waals surface area contributed by atoms with Crippen LogP contribution in [0.4, 0.5) is 0 Å². The van der Waals surface area contributed by atoms with Crippen LogP contribution < -0.4 is 0 Å². The van der Waals surface area contributed by atoms with Gasteiger partial charge < -0.3 is 0 Å². The van der Waals surface area contributed by atoms with E-state index in [4.69, 9.17) is 23.2 Å². The third-order valence-electron chi connectivity index (χ3n) is 6.80. The number of alkyl halides is 2. The van der Waals surface area contributed by atoms with Crippen LogP contribution >= 0.6 is 23.2 Å². The van der Waals surface area contributed by atoms with Gasteiger partial charge in [-0.05, 0) is 19.3 Å². The van der Waals surface area contributed by atoms with Gasteiger partial charge in [0.25, 0.3) is 0 Å². The van der Waals surface area contributed by atoms with Crippen molar-refractivity contribution in [2.24, 2.45) is 0 Å². The van der Waals surface area contributed by atoms with Gasteiger partial charge in [0.05, 0.1) is 0 Å². The summed E-state index contributed by atoms with van der Waals surface area (Å²) in [5.41, 5.74) is 0. The Morgan fingerprint density at radius 3 is 0.939 bits per heavy atom. The quantitative estimate of drug-likeness (QED) is 0.0806. The van der Waals surface area contributed by atoms with Crippen molar-refractivity contribution < 1.29 is 0 Å². The minimum atomic E-state index is 0.425. The van der Waals surface area contributed by atoms with Gasteiger partial charge in [-0.25, -0.2) is 0 Å². The number of unbranched alkanes of at least 4 members (excludes halogenated alkanes) is 22.